The molecule has 0 saturated heterocycles. The molecule has 0 bridgehead atoms. The number of thiazole rings is 1. The largest absolute Gasteiger partial charge is 0.497 e. The number of hydrogen-bond donors (Lipinski definition) is 2. The van der Waals surface area contributed by atoms with E-state index in [9.17, 15) is 4.79 Å². The van der Waals surface area contributed by atoms with Crippen molar-refractivity contribution in [2.45, 2.75) is 12.3 Å². The summed E-state index contributed by atoms with van der Waals surface area (Å²) in [6.45, 7) is 0. The van der Waals surface area contributed by atoms with Gasteiger partial charge in [-0.15, -0.1) is 0 Å². The van der Waals surface area contributed by atoms with Crippen LogP contribution >= 0.6 is 11.3 Å². The van der Waals surface area contributed by atoms with E-state index in [4.69, 9.17) is 10.5 Å². The highest BCUT2D eigenvalue weighted by Crippen LogP contribution is 2.41. The third kappa shape index (κ3) is 2.15. The Hall–Kier alpha value is -2.08. The van der Waals surface area contributed by atoms with E-state index in [1.807, 2.05) is 24.3 Å². The third-order valence-corrected chi connectivity index (χ3v) is 4.15. The number of ether oxygens (including phenoxy) is 1. The van der Waals surface area contributed by atoms with E-state index in [0.717, 1.165) is 16.2 Å². The highest BCUT2D eigenvalue weighted by Gasteiger charge is 2.29. The molecule has 0 saturated carbocycles. The van der Waals surface area contributed by atoms with Gasteiger partial charge in [0.25, 0.3) is 0 Å². The number of methoxy groups -OCH3 is 1. The van der Waals surface area contributed by atoms with Crippen LogP contribution in [0.25, 0.3) is 0 Å². The Labute approximate surface area is 114 Å². The van der Waals surface area contributed by atoms with E-state index in [2.05, 4.69) is 10.3 Å². The van der Waals surface area contributed by atoms with E-state index in [-0.39, 0.29) is 11.8 Å². The molecule has 1 aromatic heterocycles. The number of nitrogens with zero attached hydrogens (tertiary/aromatic N) is 1. The molecule has 2 heterocycles. The molecule has 0 radical (unpaired) electrons. The van der Waals surface area contributed by atoms with Crippen LogP contribution in [0.2, 0.25) is 0 Å². The monoisotopic (exact) mass is 275 g/mol. The molecule has 0 unspecified atom stereocenters. The summed E-state index contributed by atoms with van der Waals surface area (Å²) >= 11 is 1.43. The molecule has 3 N–H and O–H groups in total. The second-order valence-corrected chi connectivity index (χ2v) is 5.41. The van der Waals surface area contributed by atoms with Crippen molar-refractivity contribution >= 4 is 28.2 Å². The Bertz CT molecular complexity index is 621. The molecular weight excluding hydrogens is 262 g/mol. The SMILES string of the molecule is COc1ccc([C@H]2CC(=O)Nc3nc(N)sc32)cc1. The first-order chi connectivity index (χ1) is 9.17. The second-order valence-electron chi connectivity index (χ2n) is 4.34. The minimum atomic E-state index is -0.0291. The molecule has 1 aromatic carbocycles. The lowest BCUT2D eigenvalue weighted by Gasteiger charge is -2.21. The molecule has 6 heteroatoms. The summed E-state index contributed by atoms with van der Waals surface area (Å²) in [7, 11) is 1.63. The molecule has 1 aliphatic rings. The number of hydrogen-bond acceptors (Lipinski definition) is 5. The zero-order valence-electron chi connectivity index (χ0n) is 10.3. The summed E-state index contributed by atoms with van der Waals surface area (Å²) in [4.78, 5) is 16.9. The topological polar surface area (TPSA) is 77.2 Å². The van der Waals surface area contributed by atoms with Gasteiger partial charge in [0.15, 0.2) is 5.13 Å². The maximum Gasteiger partial charge on any atom is 0.226 e. The molecule has 0 aliphatic carbocycles. The number of amides is 1. The predicted molar refractivity (Wildman–Crippen MR) is 74.6 cm³/mol. The van der Waals surface area contributed by atoms with Crippen molar-refractivity contribution in [3.63, 3.8) is 0 Å². The lowest BCUT2D eigenvalue weighted by atomic mass is 9.91. The van der Waals surface area contributed by atoms with Gasteiger partial charge in [-0.3, -0.25) is 4.79 Å². The fourth-order valence-corrected chi connectivity index (χ4v) is 3.16. The summed E-state index contributed by atoms with van der Waals surface area (Å²) in [5.74, 6) is 1.38. The van der Waals surface area contributed by atoms with Gasteiger partial charge in [0.2, 0.25) is 5.91 Å². The Balaban J connectivity index is 2.01. The molecule has 3 rings (SSSR count). The van der Waals surface area contributed by atoms with Crippen LogP contribution < -0.4 is 15.8 Å². The smallest absolute Gasteiger partial charge is 0.226 e. The molecule has 19 heavy (non-hydrogen) atoms. The van der Waals surface area contributed by atoms with Gasteiger partial charge in [-0.05, 0) is 17.7 Å². The number of fused-ring (bicyclic) bond motifs is 1. The van der Waals surface area contributed by atoms with Crippen LogP contribution in [0.1, 0.15) is 22.8 Å². The standard InChI is InChI=1S/C13H13N3O2S/c1-18-8-4-2-7(3-5-8)9-6-10(17)15-12-11(9)19-13(14)16-12/h2-5,9H,6H2,1H3,(H2,14,16)(H,15,17)/t9-/m1/s1. The number of nitrogens with one attached hydrogen (secondary N) is 1. The van der Waals surface area contributed by atoms with Crippen LogP contribution in [0.4, 0.5) is 10.9 Å². The van der Waals surface area contributed by atoms with Gasteiger partial charge in [0.1, 0.15) is 11.6 Å². The van der Waals surface area contributed by atoms with E-state index >= 15 is 0 Å². The zero-order chi connectivity index (χ0) is 13.4. The first-order valence-corrected chi connectivity index (χ1v) is 6.69. The highest BCUT2D eigenvalue weighted by atomic mass is 32.1. The maximum atomic E-state index is 11.7. The normalized spacial score (nSPS) is 17.7. The Morgan fingerprint density at radius 1 is 1.42 bits per heavy atom. The van der Waals surface area contributed by atoms with E-state index in [1.54, 1.807) is 7.11 Å². The van der Waals surface area contributed by atoms with E-state index in [1.165, 1.54) is 11.3 Å². The number of rotatable bonds is 2. The number of benzene rings is 1. The first-order valence-electron chi connectivity index (χ1n) is 5.87. The molecule has 2 aromatic rings. The Kier molecular flexibility index (Phi) is 2.87. The van der Waals surface area contributed by atoms with Gasteiger partial charge >= 0.3 is 0 Å². The van der Waals surface area contributed by atoms with Gasteiger partial charge in [-0.25, -0.2) is 4.98 Å². The minimum Gasteiger partial charge on any atom is -0.497 e. The molecular formula is C13H13N3O2S. The number of nitrogens with two attached hydrogens (primary N) is 1. The minimum absolute atomic E-state index is 0.0180. The lowest BCUT2D eigenvalue weighted by Crippen LogP contribution is -2.22. The van der Waals surface area contributed by atoms with Gasteiger partial charge in [-0.2, -0.15) is 0 Å². The zero-order valence-corrected chi connectivity index (χ0v) is 11.2. The van der Waals surface area contributed by atoms with Gasteiger partial charge in [0, 0.05) is 12.3 Å². The van der Waals surface area contributed by atoms with Crippen LogP contribution in [-0.2, 0) is 4.79 Å². The average molecular weight is 275 g/mol. The molecule has 1 amide bonds. The van der Waals surface area contributed by atoms with Crippen molar-refractivity contribution < 1.29 is 9.53 Å². The summed E-state index contributed by atoms with van der Waals surface area (Å²) in [5.41, 5.74) is 6.80. The predicted octanol–water partition coefficient (Wildman–Crippen LogP) is 2.21. The lowest BCUT2D eigenvalue weighted by molar-refractivity contribution is -0.116. The van der Waals surface area contributed by atoms with Crippen LogP contribution in [-0.4, -0.2) is 18.0 Å². The number of carbonyl (C=O) groups is 1. The number of anilines is 2. The molecule has 1 aliphatic heterocycles. The molecule has 98 valence electrons. The quantitative estimate of drug-likeness (QED) is 0.881. The van der Waals surface area contributed by atoms with Crippen molar-refractivity contribution in [2.75, 3.05) is 18.2 Å². The van der Waals surface area contributed by atoms with Crippen LogP contribution in [0.5, 0.6) is 5.75 Å². The third-order valence-electron chi connectivity index (χ3n) is 3.15. The maximum absolute atomic E-state index is 11.7. The van der Waals surface area contributed by atoms with Gasteiger partial charge in [0.05, 0.1) is 12.0 Å². The van der Waals surface area contributed by atoms with Crippen molar-refractivity contribution in [2.24, 2.45) is 0 Å². The van der Waals surface area contributed by atoms with Gasteiger partial charge in [-0.1, -0.05) is 23.5 Å². The number of nitrogen functional groups attached to an aromatic ring is 1. The first kappa shape index (κ1) is 12.0. The van der Waals surface area contributed by atoms with Crippen molar-refractivity contribution in [3.8, 4) is 5.75 Å². The van der Waals surface area contributed by atoms with Crippen LogP contribution in [0.15, 0.2) is 24.3 Å². The van der Waals surface area contributed by atoms with E-state index < -0.39 is 0 Å². The molecule has 5 nitrogen and oxygen atoms in total. The van der Waals surface area contributed by atoms with Crippen LogP contribution in [0.3, 0.4) is 0 Å². The number of carbonyl (C=O) groups excluding carboxylic acids is 1. The van der Waals surface area contributed by atoms with Crippen molar-refractivity contribution in [1.82, 2.24) is 4.98 Å². The van der Waals surface area contributed by atoms with E-state index in [0.29, 0.717) is 17.4 Å². The second kappa shape index (κ2) is 4.55. The fraction of sp³-hybridized carbons (Fsp3) is 0.231. The number of aromatic nitrogens is 1. The molecule has 0 spiro atoms. The Morgan fingerprint density at radius 2 is 2.16 bits per heavy atom. The van der Waals surface area contributed by atoms with Gasteiger partial charge < -0.3 is 15.8 Å². The molecule has 0 fully saturated rings. The Morgan fingerprint density at radius 3 is 2.84 bits per heavy atom. The highest BCUT2D eigenvalue weighted by molar-refractivity contribution is 7.16. The summed E-state index contributed by atoms with van der Waals surface area (Å²) in [5, 5.41) is 3.24. The van der Waals surface area contributed by atoms with Crippen molar-refractivity contribution in [3.05, 3.63) is 34.7 Å². The summed E-state index contributed by atoms with van der Waals surface area (Å²) in [6, 6.07) is 7.74. The fourth-order valence-electron chi connectivity index (χ4n) is 2.24. The summed E-state index contributed by atoms with van der Waals surface area (Å²) < 4.78 is 5.14. The molecule has 1 atom stereocenters. The summed E-state index contributed by atoms with van der Waals surface area (Å²) in [6.07, 6.45) is 0.418. The van der Waals surface area contributed by atoms with Crippen molar-refractivity contribution in [1.29, 1.82) is 0 Å². The average Bonchev–Trinajstić information content (AvgIpc) is 2.78. The van der Waals surface area contributed by atoms with Crippen LogP contribution in [0, 0.1) is 0 Å².